The Morgan fingerprint density at radius 3 is 2.92 bits per heavy atom. The van der Waals surface area contributed by atoms with E-state index in [0.717, 1.165) is 28.3 Å². The first-order valence-electron chi connectivity index (χ1n) is 8.28. The molecule has 2 aliphatic rings. The summed E-state index contributed by atoms with van der Waals surface area (Å²) in [5.41, 5.74) is 1.81. The summed E-state index contributed by atoms with van der Waals surface area (Å²) in [7, 11) is 0. The molecule has 2 amide bonds. The van der Waals surface area contributed by atoms with Gasteiger partial charge in [-0.3, -0.25) is 9.59 Å². The van der Waals surface area contributed by atoms with Crippen molar-refractivity contribution >= 4 is 29.3 Å². The Labute approximate surface area is 150 Å². The van der Waals surface area contributed by atoms with Gasteiger partial charge in [0.1, 0.15) is 5.75 Å². The normalized spacial score (nSPS) is 21.4. The van der Waals surface area contributed by atoms with Crippen LogP contribution in [0.3, 0.4) is 0 Å². The van der Waals surface area contributed by atoms with E-state index >= 15 is 0 Å². The van der Waals surface area contributed by atoms with E-state index in [-0.39, 0.29) is 24.3 Å². The van der Waals surface area contributed by atoms with Gasteiger partial charge in [0.05, 0.1) is 23.6 Å². The molecule has 0 unspecified atom stereocenters. The highest BCUT2D eigenvalue weighted by atomic mass is 32.2. The van der Waals surface area contributed by atoms with E-state index in [0.29, 0.717) is 6.61 Å². The van der Waals surface area contributed by atoms with Crippen LogP contribution in [0.1, 0.15) is 24.4 Å². The van der Waals surface area contributed by atoms with Gasteiger partial charge >= 0.3 is 0 Å². The number of thioether (sulfide) groups is 1. The van der Waals surface area contributed by atoms with E-state index < -0.39 is 5.25 Å². The third kappa shape index (κ3) is 3.35. The fourth-order valence-corrected chi connectivity index (χ4v) is 4.25. The molecule has 2 aliphatic heterocycles. The van der Waals surface area contributed by atoms with Gasteiger partial charge in [-0.2, -0.15) is 0 Å². The molecule has 6 heteroatoms. The summed E-state index contributed by atoms with van der Waals surface area (Å²) < 4.78 is 5.62. The van der Waals surface area contributed by atoms with Gasteiger partial charge in [-0.25, -0.2) is 0 Å². The molecule has 0 aromatic heterocycles. The largest absolute Gasteiger partial charge is 0.493 e. The van der Waals surface area contributed by atoms with E-state index in [1.54, 1.807) is 0 Å². The van der Waals surface area contributed by atoms with Gasteiger partial charge in [0, 0.05) is 23.3 Å². The van der Waals surface area contributed by atoms with Gasteiger partial charge in [0.2, 0.25) is 11.8 Å². The number of amides is 2. The number of hydrogen-bond acceptors (Lipinski definition) is 4. The molecule has 2 heterocycles. The van der Waals surface area contributed by atoms with Gasteiger partial charge in [-0.15, -0.1) is 11.8 Å². The quantitative estimate of drug-likeness (QED) is 0.889. The highest BCUT2D eigenvalue weighted by molar-refractivity contribution is 8.01. The average Bonchev–Trinajstić information content (AvgIpc) is 2.63. The molecule has 0 bridgehead atoms. The van der Waals surface area contributed by atoms with Crippen LogP contribution in [0.2, 0.25) is 0 Å². The van der Waals surface area contributed by atoms with E-state index in [1.165, 1.54) is 11.8 Å². The van der Waals surface area contributed by atoms with Crippen LogP contribution >= 0.6 is 11.8 Å². The molecule has 128 valence electrons. The number of fused-ring (bicyclic) bond motifs is 2. The van der Waals surface area contributed by atoms with Gasteiger partial charge in [0.15, 0.2) is 0 Å². The first-order valence-corrected chi connectivity index (χ1v) is 9.16. The Morgan fingerprint density at radius 1 is 1.20 bits per heavy atom. The molecule has 2 atom stereocenters. The van der Waals surface area contributed by atoms with Crippen molar-refractivity contribution in [3.05, 3.63) is 54.1 Å². The molecule has 0 radical (unpaired) electrons. The van der Waals surface area contributed by atoms with Crippen LogP contribution in [-0.2, 0) is 9.59 Å². The van der Waals surface area contributed by atoms with E-state index in [4.69, 9.17) is 4.74 Å². The lowest BCUT2D eigenvalue weighted by atomic mass is 10.0. The molecule has 0 fully saturated rings. The SMILES string of the molecule is O=C(C[C@H]1Sc2ccccc2NC1=O)N[C@H]1CCOc2ccccc21. The second-order valence-corrected chi connectivity index (χ2v) is 7.34. The fourth-order valence-electron chi connectivity index (χ4n) is 3.14. The number of rotatable bonds is 3. The van der Waals surface area contributed by atoms with Crippen LogP contribution in [0.4, 0.5) is 5.69 Å². The molecule has 4 rings (SSSR count). The van der Waals surface area contributed by atoms with Gasteiger partial charge in [-0.1, -0.05) is 30.3 Å². The predicted octanol–water partition coefficient (Wildman–Crippen LogP) is 3.13. The summed E-state index contributed by atoms with van der Waals surface area (Å²) in [6.45, 7) is 0.577. The fraction of sp³-hybridized carbons (Fsp3) is 0.263. The highest BCUT2D eigenvalue weighted by Crippen LogP contribution is 2.37. The zero-order valence-electron chi connectivity index (χ0n) is 13.5. The minimum Gasteiger partial charge on any atom is -0.493 e. The lowest BCUT2D eigenvalue weighted by Crippen LogP contribution is -2.37. The number of para-hydroxylation sites is 2. The molecule has 0 spiro atoms. The molecular formula is C19H18N2O3S. The maximum absolute atomic E-state index is 12.5. The lowest BCUT2D eigenvalue weighted by Gasteiger charge is -2.28. The summed E-state index contributed by atoms with van der Waals surface area (Å²) in [6.07, 6.45) is 0.889. The Morgan fingerprint density at radius 2 is 2.00 bits per heavy atom. The van der Waals surface area contributed by atoms with Crippen LogP contribution in [0.5, 0.6) is 5.75 Å². The van der Waals surface area contributed by atoms with Crippen molar-refractivity contribution in [2.45, 2.75) is 29.0 Å². The predicted molar refractivity (Wildman–Crippen MR) is 96.8 cm³/mol. The summed E-state index contributed by atoms with van der Waals surface area (Å²) in [5.74, 6) is 0.581. The van der Waals surface area contributed by atoms with Crippen molar-refractivity contribution in [2.75, 3.05) is 11.9 Å². The van der Waals surface area contributed by atoms with Crippen LogP contribution in [0.25, 0.3) is 0 Å². The smallest absolute Gasteiger partial charge is 0.238 e. The summed E-state index contributed by atoms with van der Waals surface area (Å²) in [6, 6.07) is 15.3. The summed E-state index contributed by atoms with van der Waals surface area (Å²) in [4.78, 5) is 25.7. The van der Waals surface area contributed by atoms with Crippen LogP contribution in [0.15, 0.2) is 53.4 Å². The van der Waals surface area contributed by atoms with Crippen LogP contribution in [-0.4, -0.2) is 23.7 Å². The molecule has 5 nitrogen and oxygen atoms in total. The Bertz CT molecular complexity index is 824. The molecule has 0 saturated heterocycles. The average molecular weight is 354 g/mol. The second kappa shape index (κ2) is 6.80. The van der Waals surface area contributed by atoms with Gasteiger partial charge in [-0.05, 0) is 18.2 Å². The van der Waals surface area contributed by atoms with Crippen molar-refractivity contribution < 1.29 is 14.3 Å². The summed E-state index contributed by atoms with van der Waals surface area (Å²) >= 11 is 1.44. The molecule has 2 aromatic rings. The topological polar surface area (TPSA) is 67.4 Å². The minimum absolute atomic E-state index is 0.0682. The third-order valence-corrected chi connectivity index (χ3v) is 5.65. The van der Waals surface area contributed by atoms with Crippen LogP contribution in [0, 0.1) is 0 Å². The van der Waals surface area contributed by atoms with Gasteiger partial charge < -0.3 is 15.4 Å². The zero-order chi connectivity index (χ0) is 17.2. The molecule has 2 N–H and O–H groups in total. The van der Waals surface area contributed by atoms with E-state index in [1.807, 2.05) is 48.5 Å². The van der Waals surface area contributed by atoms with Crippen molar-refractivity contribution in [3.63, 3.8) is 0 Å². The van der Waals surface area contributed by atoms with Gasteiger partial charge in [0.25, 0.3) is 0 Å². The zero-order valence-corrected chi connectivity index (χ0v) is 14.3. The second-order valence-electron chi connectivity index (χ2n) is 6.09. The first-order chi connectivity index (χ1) is 12.2. The Hall–Kier alpha value is -2.47. The highest BCUT2D eigenvalue weighted by Gasteiger charge is 2.30. The molecule has 2 aromatic carbocycles. The maximum atomic E-state index is 12.5. The van der Waals surface area contributed by atoms with E-state index in [2.05, 4.69) is 10.6 Å². The number of anilines is 1. The number of ether oxygens (including phenoxy) is 1. The molecule has 25 heavy (non-hydrogen) atoms. The lowest BCUT2D eigenvalue weighted by molar-refractivity contribution is -0.124. The molecule has 0 saturated carbocycles. The molecular weight excluding hydrogens is 336 g/mol. The Kier molecular flexibility index (Phi) is 4.36. The standard InChI is InChI=1S/C19H18N2O3S/c22-18(20-13-9-10-24-15-7-3-1-5-12(13)15)11-17-19(23)21-14-6-2-4-8-16(14)25-17/h1-8,13,17H,9-11H2,(H,20,22)(H,21,23)/t13-,17+/m0/s1. The van der Waals surface area contributed by atoms with Crippen molar-refractivity contribution in [3.8, 4) is 5.75 Å². The minimum atomic E-state index is -0.412. The van der Waals surface area contributed by atoms with E-state index in [9.17, 15) is 9.59 Å². The monoisotopic (exact) mass is 354 g/mol. The number of carbonyl (C=O) groups is 2. The van der Waals surface area contributed by atoms with Crippen molar-refractivity contribution in [1.29, 1.82) is 0 Å². The number of benzene rings is 2. The maximum Gasteiger partial charge on any atom is 0.238 e. The van der Waals surface area contributed by atoms with Crippen molar-refractivity contribution in [2.24, 2.45) is 0 Å². The first kappa shape index (κ1) is 16.0. The number of carbonyl (C=O) groups excluding carboxylic acids is 2. The number of nitrogens with one attached hydrogen (secondary N) is 2. The summed E-state index contributed by atoms with van der Waals surface area (Å²) in [5, 5.41) is 5.52. The molecule has 0 aliphatic carbocycles. The number of hydrogen-bond donors (Lipinski definition) is 2. The Balaban J connectivity index is 1.43. The van der Waals surface area contributed by atoms with Crippen LogP contribution < -0.4 is 15.4 Å². The third-order valence-electron chi connectivity index (χ3n) is 4.37. The van der Waals surface area contributed by atoms with Crippen molar-refractivity contribution in [1.82, 2.24) is 5.32 Å².